The van der Waals surface area contributed by atoms with Gasteiger partial charge < -0.3 is 25.5 Å². The highest BCUT2D eigenvalue weighted by molar-refractivity contribution is 5.88. The lowest BCUT2D eigenvalue weighted by atomic mass is 9.61. The number of alkyl halides is 2. The number of methoxy groups -OCH3 is 1. The van der Waals surface area contributed by atoms with Gasteiger partial charge in [0.15, 0.2) is 5.69 Å². The molecule has 2 aromatic heterocycles. The molecule has 9 nitrogen and oxygen atoms in total. The van der Waals surface area contributed by atoms with Gasteiger partial charge in [-0.25, -0.2) is 18.6 Å². The van der Waals surface area contributed by atoms with Gasteiger partial charge in [0.1, 0.15) is 11.6 Å². The molecule has 2 fully saturated rings. The standard InChI is InChI=1S/C19H24F2N2O.C9H11N3O3.C2H6/c1-13-9-16(24-2)15(14-3-6-22-17(13)14)10-23-7-4-18(5-8-23)11-19(20,21)12-18;1-12(5-7(10)13)8-4-2-3-6(11-8)9(14)15;1-2/h3,6,9,22H,4-5,7-8,10-12H2,1-2H3;2-4H,5H2,1H3,(H2,10,13)(H,14,15);1-2H3. The molecule has 0 unspecified atom stereocenters. The molecule has 41 heavy (non-hydrogen) atoms. The van der Waals surface area contributed by atoms with Crippen molar-refractivity contribution < 1.29 is 28.2 Å². The number of piperidine rings is 1. The van der Waals surface area contributed by atoms with Gasteiger partial charge in [-0.05, 0) is 68.1 Å². The number of aryl methyl sites for hydroxylation is 1. The van der Waals surface area contributed by atoms with Crippen LogP contribution >= 0.6 is 0 Å². The number of likely N-dealkylation sites (tertiary alicyclic amines) is 1. The van der Waals surface area contributed by atoms with Crippen LogP contribution in [0.4, 0.5) is 14.6 Å². The van der Waals surface area contributed by atoms with E-state index >= 15 is 0 Å². The topological polar surface area (TPSA) is 125 Å². The number of benzene rings is 1. The summed E-state index contributed by atoms with van der Waals surface area (Å²) in [7, 11) is 3.32. The lowest BCUT2D eigenvalue weighted by Crippen LogP contribution is -2.52. The Balaban J connectivity index is 0.000000236. The molecule has 1 aromatic carbocycles. The van der Waals surface area contributed by atoms with Crippen molar-refractivity contribution in [2.75, 3.05) is 38.7 Å². The summed E-state index contributed by atoms with van der Waals surface area (Å²) in [6.45, 7) is 8.66. The summed E-state index contributed by atoms with van der Waals surface area (Å²) in [6.07, 6.45) is 3.90. The van der Waals surface area contributed by atoms with Crippen LogP contribution in [0.1, 0.15) is 61.1 Å². The minimum Gasteiger partial charge on any atom is -0.496 e. The number of primary amides is 1. The molecular weight excluding hydrogens is 532 g/mol. The molecular formula is C30H41F2N5O4. The maximum Gasteiger partial charge on any atom is 0.354 e. The molecule has 2 aliphatic rings. The molecule has 5 rings (SSSR count). The Bertz CT molecular complexity index is 1340. The fourth-order valence-corrected chi connectivity index (χ4v) is 5.66. The van der Waals surface area contributed by atoms with Crippen LogP contribution in [0.25, 0.3) is 10.9 Å². The Labute approximate surface area is 239 Å². The first-order chi connectivity index (χ1) is 19.4. The predicted octanol–water partition coefficient (Wildman–Crippen LogP) is 5.22. The monoisotopic (exact) mass is 573 g/mol. The number of nitrogens with two attached hydrogens (primary N) is 1. The zero-order chi connectivity index (χ0) is 30.4. The highest BCUT2D eigenvalue weighted by Gasteiger charge is 2.56. The van der Waals surface area contributed by atoms with Gasteiger partial charge in [0.05, 0.1) is 13.7 Å². The van der Waals surface area contributed by atoms with Gasteiger partial charge >= 0.3 is 5.97 Å². The molecule has 0 radical (unpaired) electrons. The second-order valence-corrected chi connectivity index (χ2v) is 10.6. The summed E-state index contributed by atoms with van der Waals surface area (Å²) in [5.74, 6) is -2.72. The van der Waals surface area contributed by atoms with E-state index in [0.29, 0.717) is 5.82 Å². The molecule has 224 valence electrons. The van der Waals surface area contributed by atoms with Gasteiger partial charge in [-0.2, -0.15) is 0 Å². The van der Waals surface area contributed by atoms with Gasteiger partial charge in [-0.3, -0.25) is 9.69 Å². The van der Waals surface area contributed by atoms with Crippen LogP contribution in [0.2, 0.25) is 0 Å². The first-order valence-electron chi connectivity index (χ1n) is 13.9. The van der Waals surface area contributed by atoms with Crippen molar-refractivity contribution in [3.63, 3.8) is 0 Å². The maximum atomic E-state index is 13.3. The molecule has 1 saturated carbocycles. The largest absolute Gasteiger partial charge is 0.496 e. The minimum absolute atomic E-state index is 0.00390. The zero-order valence-electron chi connectivity index (χ0n) is 24.5. The Morgan fingerprint density at radius 3 is 2.41 bits per heavy atom. The van der Waals surface area contributed by atoms with Gasteiger partial charge in [-0.15, -0.1) is 0 Å². The number of rotatable bonds is 7. The van der Waals surface area contributed by atoms with Crippen molar-refractivity contribution in [1.29, 1.82) is 0 Å². The number of aromatic nitrogens is 2. The number of carboxylic acid groups (broad SMARTS) is 1. The number of carbonyl (C=O) groups is 2. The molecule has 11 heteroatoms. The summed E-state index contributed by atoms with van der Waals surface area (Å²) in [5, 5.41) is 9.90. The number of carbonyl (C=O) groups excluding carboxylic acids is 1. The van der Waals surface area contributed by atoms with E-state index in [0.717, 1.165) is 43.7 Å². The van der Waals surface area contributed by atoms with Crippen molar-refractivity contribution in [3.8, 4) is 5.75 Å². The minimum atomic E-state index is -2.42. The van der Waals surface area contributed by atoms with E-state index in [2.05, 4.69) is 33.9 Å². The van der Waals surface area contributed by atoms with Crippen molar-refractivity contribution in [1.82, 2.24) is 14.9 Å². The summed E-state index contributed by atoms with van der Waals surface area (Å²) in [5.41, 5.74) is 8.35. The van der Waals surface area contributed by atoms with Crippen LogP contribution in [-0.4, -0.2) is 71.6 Å². The quantitative estimate of drug-likeness (QED) is 0.354. The number of carboxylic acids is 1. The van der Waals surface area contributed by atoms with Gasteiger partial charge in [-0.1, -0.05) is 19.9 Å². The average molecular weight is 574 g/mol. The predicted molar refractivity (Wildman–Crippen MR) is 156 cm³/mol. The van der Waals surface area contributed by atoms with Crippen LogP contribution in [0.3, 0.4) is 0 Å². The van der Waals surface area contributed by atoms with E-state index in [4.69, 9.17) is 15.6 Å². The molecule has 3 aromatic rings. The summed E-state index contributed by atoms with van der Waals surface area (Å²) in [6, 6.07) is 8.72. The number of fused-ring (bicyclic) bond motifs is 1. The normalized spacial score (nSPS) is 17.0. The molecule has 0 bridgehead atoms. The second kappa shape index (κ2) is 13.3. The van der Waals surface area contributed by atoms with E-state index in [1.165, 1.54) is 27.5 Å². The van der Waals surface area contributed by atoms with Crippen molar-refractivity contribution in [3.05, 3.63) is 53.3 Å². The lowest BCUT2D eigenvalue weighted by molar-refractivity contribution is -0.178. The van der Waals surface area contributed by atoms with Crippen LogP contribution in [0.5, 0.6) is 5.75 Å². The summed E-state index contributed by atoms with van der Waals surface area (Å²) < 4.78 is 32.1. The number of halogens is 2. The Kier molecular flexibility index (Phi) is 10.3. The van der Waals surface area contributed by atoms with Crippen molar-refractivity contribution >= 4 is 28.6 Å². The number of hydrogen-bond acceptors (Lipinski definition) is 6. The van der Waals surface area contributed by atoms with Crippen LogP contribution in [0, 0.1) is 12.3 Å². The average Bonchev–Trinajstić information content (AvgIpc) is 3.42. The number of nitrogens with one attached hydrogen (secondary N) is 1. The number of pyridine rings is 1. The number of H-pyrrole nitrogens is 1. The molecule has 1 aliphatic carbocycles. The first kappa shape index (κ1) is 31.8. The van der Waals surface area contributed by atoms with E-state index in [-0.39, 0.29) is 30.5 Å². The van der Waals surface area contributed by atoms with Crippen LogP contribution < -0.4 is 15.4 Å². The van der Waals surface area contributed by atoms with Crippen LogP contribution in [-0.2, 0) is 11.3 Å². The van der Waals surface area contributed by atoms with Gasteiger partial charge in [0.25, 0.3) is 0 Å². The number of amides is 1. The third-order valence-electron chi connectivity index (χ3n) is 7.63. The third-order valence-corrected chi connectivity index (χ3v) is 7.63. The van der Waals surface area contributed by atoms with Crippen molar-refractivity contribution in [2.45, 2.75) is 58.9 Å². The number of aromatic amines is 1. The molecule has 1 aliphatic heterocycles. The number of ether oxygens (including phenoxy) is 1. The van der Waals surface area contributed by atoms with Gasteiger partial charge in [0.2, 0.25) is 11.8 Å². The van der Waals surface area contributed by atoms with Crippen molar-refractivity contribution in [2.24, 2.45) is 11.1 Å². The number of hydrogen-bond donors (Lipinski definition) is 3. The van der Waals surface area contributed by atoms with Crippen LogP contribution in [0.15, 0.2) is 36.5 Å². The molecule has 3 heterocycles. The van der Waals surface area contributed by atoms with E-state index in [1.54, 1.807) is 26.3 Å². The Hall–Kier alpha value is -3.73. The van der Waals surface area contributed by atoms with E-state index in [9.17, 15) is 18.4 Å². The fourth-order valence-electron chi connectivity index (χ4n) is 5.66. The fraction of sp³-hybridized carbons (Fsp3) is 0.500. The molecule has 1 saturated heterocycles. The Morgan fingerprint density at radius 1 is 1.20 bits per heavy atom. The summed E-state index contributed by atoms with van der Waals surface area (Å²) in [4.78, 5) is 32.3. The van der Waals surface area contributed by atoms with E-state index in [1.807, 2.05) is 20.0 Å². The van der Waals surface area contributed by atoms with E-state index < -0.39 is 17.8 Å². The summed E-state index contributed by atoms with van der Waals surface area (Å²) >= 11 is 0. The second-order valence-electron chi connectivity index (χ2n) is 10.6. The molecule has 4 N–H and O–H groups in total. The molecule has 1 spiro atoms. The Morgan fingerprint density at radius 2 is 1.85 bits per heavy atom. The van der Waals surface area contributed by atoms with Gasteiger partial charge in [0, 0.05) is 49.1 Å². The number of likely N-dealkylation sites (N-methyl/N-ethyl adjacent to an activating group) is 1. The highest BCUT2D eigenvalue weighted by atomic mass is 19.3. The highest BCUT2D eigenvalue weighted by Crippen LogP contribution is 2.57. The number of anilines is 1. The lowest BCUT2D eigenvalue weighted by Gasteiger charge is -2.51. The number of aromatic carboxylic acids is 1. The number of nitrogens with zero attached hydrogens (tertiary/aromatic N) is 3. The maximum absolute atomic E-state index is 13.3. The smallest absolute Gasteiger partial charge is 0.354 e. The third kappa shape index (κ3) is 7.72. The molecule has 0 atom stereocenters. The molecule has 1 amide bonds. The first-order valence-corrected chi connectivity index (χ1v) is 13.9. The SMILES string of the molecule is CC.CN(CC(N)=O)c1cccc(C(=O)O)n1.COc1cc(C)c2[nH]ccc2c1CN1CCC2(CC1)CC(F)(F)C2. The zero-order valence-corrected chi connectivity index (χ0v) is 24.5.